The van der Waals surface area contributed by atoms with Gasteiger partial charge in [-0.2, -0.15) is 5.26 Å². The number of benzene rings is 2. The Labute approximate surface area is 135 Å². The molecule has 22 heavy (non-hydrogen) atoms. The van der Waals surface area contributed by atoms with Crippen LogP contribution in [0.1, 0.15) is 31.7 Å². The summed E-state index contributed by atoms with van der Waals surface area (Å²) in [6.07, 6.45) is 3.32. The molecular formula is C18H17ClFNO. The van der Waals surface area contributed by atoms with Gasteiger partial charge in [0, 0.05) is 5.56 Å². The van der Waals surface area contributed by atoms with Crippen LogP contribution in [-0.2, 0) is 0 Å². The Bertz CT molecular complexity index is 653. The molecule has 0 spiro atoms. The molecule has 2 rings (SSSR count). The van der Waals surface area contributed by atoms with Gasteiger partial charge >= 0.3 is 0 Å². The van der Waals surface area contributed by atoms with Crippen LogP contribution in [-0.4, -0.2) is 6.61 Å². The highest BCUT2D eigenvalue weighted by Crippen LogP contribution is 2.32. The van der Waals surface area contributed by atoms with Gasteiger partial charge in [-0.3, -0.25) is 0 Å². The lowest BCUT2D eigenvalue weighted by Gasteiger charge is -2.09. The standard InChI is InChI=1S/C18H17ClFNO/c1-2-3-4-9-22-15-7-5-14(6-8-15)18-16(19)10-13(12-21)11-17(18)20/h5-8,10-11H,2-4,9H2,1H3. The quantitative estimate of drug-likeness (QED) is 0.651. The van der Waals surface area contributed by atoms with Crippen LogP contribution < -0.4 is 4.74 Å². The van der Waals surface area contributed by atoms with Gasteiger partial charge < -0.3 is 4.74 Å². The first-order valence-corrected chi connectivity index (χ1v) is 7.66. The molecule has 0 unspecified atom stereocenters. The van der Waals surface area contributed by atoms with Gasteiger partial charge in [0.05, 0.1) is 23.3 Å². The van der Waals surface area contributed by atoms with E-state index in [1.54, 1.807) is 24.3 Å². The molecule has 0 saturated heterocycles. The lowest BCUT2D eigenvalue weighted by Crippen LogP contribution is -1.97. The van der Waals surface area contributed by atoms with E-state index in [2.05, 4.69) is 6.92 Å². The molecule has 4 heteroatoms. The van der Waals surface area contributed by atoms with E-state index in [0.29, 0.717) is 17.7 Å². The van der Waals surface area contributed by atoms with Crippen molar-refractivity contribution in [1.82, 2.24) is 0 Å². The Morgan fingerprint density at radius 3 is 2.50 bits per heavy atom. The third-order valence-corrected chi connectivity index (χ3v) is 3.63. The highest BCUT2D eigenvalue weighted by Gasteiger charge is 2.12. The summed E-state index contributed by atoms with van der Waals surface area (Å²) in [7, 11) is 0. The summed E-state index contributed by atoms with van der Waals surface area (Å²) in [5.74, 6) is 0.255. The fourth-order valence-corrected chi connectivity index (χ4v) is 2.49. The van der Waals surface area contributed by atoms with Crippen molar-refractivity contribution in [3.05, 3.63) is 52.8 Å². The van der Waals surface area contributed by atoms with Crippen molar-refractivity contribution in [2.24, 2.45) is 0 Å². The lowest BCUT2D eigenvalue weighted by molar-refractivity contribution is 0.306. The number of rotatable bonds is 6. The minimum Gasteiger partial charge on any atom is -0.494 e. The van der Waals surface area contributed by atoms with Crippen LogP contribution in [0.25, 0.3) is 11.1 Å². The number of halogens is 2. The molecule has 0 bridgehead atoms. The molecule has 0 N–H and O–H groups in total. The van der Waals surface area contributed by atoms with Crippen LogP contribution in [0.15, 0.2) is 36.4 Å². The summed E-state index contributed by atoms with van der Waals surface area (Å²) in [5, 5.41) is 9.04. The zero-order chi connectivity index (χ0) is 15.9. The van der Waals surface area contributed by atoms with Gasteiger partial charge in [0.25, 0.3) is 0 Å². The molecule has 0 amide bonds. The molecule has 0 aliphatic rings. The third-order valence-electron chi connectivity index (χ3n) is 3.33. The van der Waals surface area contributed by atoms with Crippen molar-refractivity contribution < 1.29 is 9.13 Å². The number of nitrogens with zero attached hydrogens (tertiary/aromatic N) is 1. The molecule has 0 aromatic heterocycles. The van der Waals surface area contributed by atoms with Crippen LogP contribution in [0.4, 0.5) is 4.39 Å². The summed E-state index contributed by atoms with van der Waals surface area (Å²) in [6, 6.07) is 11.7. The molecule has 2 nitrogen and oxygen atoms in total. The number of hydrogen-bond donors (Lipinski definition) is 0. The first-order chi connectivity index (χ1) is 10.7. The minimum absolute atomic E-state index is 0.210. The molecule has 0 aliphatic carbocycles. The molecule has 0 heterocycles. The Morgan fingerprint density at radius 2 is 1.91 bits per heavy atom. The normalized spacial score (nSPS) is 10.3. The average molecular weight is 318 g/mol. The summed E-state index contributed by atoms with van der Waals surface area (Å²) in [5.41, 5.74) is 1.17. The van der Waals surface area contributed by atoms with E-state index in [-0.39, 0.29) is 10.6 Å². The molecule has 2 aromatic rings. The fourth-order valence-electron chi connectivity index (χ4n) is 2.17. The maximum atomic E-state index is 14.1. The Morgan fingerprint density at radius 1 is 1.18 bits per heavy atom. The fraction of sp³-hybridized carbons (Fsp3) is 0.278. The molecule has 0 radical (unpaired) electrons. The Kier molecular flexibility index (Phi) is 5.80. The second-order valence-corrected chi connectivity index (χ2v) is 5.41. The van der Waals surface area contributed by atoms with Gasteiger partial charge in [-0.05, 0) is 36.2 Å². The molecule has 0 fully saturated rings. The van der Waals surface area contributed by atoms with Gasteiger partial charge in [-0.1, -0.05) is 43.5 Å². The zero-order valence-corrected chi connectivity index (χ0v) is 13.2. The predicted molar refractivity (Wildman–Crippen MR) is 86.6 cm³/mol. The summed E-state index contributed by atoms with van der Waals surface area (Å²) in [6.45, 7) is 2.82. The highest BCUT2D eigenvalue weighted by atomic mass is 35.5. The van der Waals surface area contributed by atoms with Crippen molar-refractivity contribution in [2.75, 3.05) is 6.61 Å². The smallest absolute Gasteiger partial charge is 0.133 e. The van der Waals surface area contributed by atoms with Gasteiger partial charge in [0.15, 0.2) is 0 Å². The van der Waals surface area contributed by atoms with Crippen molar-refractivity contribution in [2.45, 2.75) is 26.2 Å². The van der Waals surface area contributed by atoms with E-state index in [0.717, 1.165) is 25.0 Å². The van der Waals surface area contributed by atoms with E-state index < -0.39 is 5.82 Å². The van der Waals surface area contributed by atoms with Crippen molar-refractivity contribution in [1.29, 1.82) is 5.26 Å². The van der Waals surface area contributed by atoms with E-state index in [9.17, 15) is 4.39 Å². The lowest BCUT2D eigenvalue weighted by atomic mass is 10.0. The summed E-state index contributed by atoms with van der Waals surface area (Å²) < 4.78 is 19.7. The second-order valence-electron chi connectivity index (χ2n) is 5.01. The summed E-state index contributed by atoms with van der Waals surface area (Å²) >= 11 is 6.08. The Balaban J connectivity index is 2.16. The average Bonchev–Trinajstić information content (AvgIpc) is 2.52. The van der Waals surface area contributed by atoms with Crippen LogP contribution in [0.3, 0.4) is 0 Å². The highest BCUT2D eigenvalue weighted by molar-refractivity contribution is 6.33. The van der Waals surface area contributed by atoms with E-state index in [4.69, 9.17) is 21.6 Å². The number of unbranched alkanes of at least 4 members (excludes halogenated alkanes) is 2. The molecule has 2 aromatic carbocycles. The molecule has 0 aliphatic heterocycles. The second kappa shape index (κ2) is 7.82. The monoisotopic (exact) mass is 317 g/mol. The number of hydrogen-bond acceptors (Lipinski definition) is 2. The van der Waals surface area contributed by atoms with Crippen LogP contribution in [0.2, 0.25) is 5.02 Å². The largest absolute Gasteiger partial charge is 0.494 e. The first kappa shape index (κ1) is 16.3. The topological polar surface area (TPSA) is 33.0 Å². The Hall–Kier alpha value is -2.05. The van der Waals surface area contributed by atoms with Gasteiger partial charge in [0.2, 0.25) is 0 Å². The van der Waals surface area contributed by atoms with Crippen LogP contribution in [0, 0.1) is 17.1 Å². The first-order valence-electron chi connectivity index (χ1n) is 7.28. The van der Waals surface area contributed by atoms with Crippen molar-refractivity contribution in [3.8, 4) is 22.9 Å². The number of ether oxygens (including phenoxy) is 1. The molecule has 114 valence electrons. The van der Waals surface area contributed by atoms with Crippen molar-refractivity contribution in [3.63, 3.8) is 0 Å². The summed E-state index contributed by atoms with van der Waals surface area (Å²) in [4.78, 5) is 0. The van der Waals surface area contributed by atoms with Gasteiger partial charge in [-0.15, -0.1) is 0 Å². The maximum absolute atomic E-state index is 14.1. The minimum atomic E-state index is -0.499. The van der Waals surface area contributed by atoms with Gasteiger partial charge in [-0.25, -0.2) is 4.39 Å². The van der Waals surface area contributed by atoms with E-state index in [1.807, 2.05) is 6.07 Å². The van der Waals surface area contributed by atoms with E-state index >= 15 is 0 Å². The number of nitriles is 1. The third kappa shape index (κ3) is 3.99. The van der Waals surface area contributed by atoms with Crippen molar-refractivity contribution >= 4 is 11.6 Å². The van der Waals surface area contributed by atoms with Crippen LogP contribution in [0.5, 0.6) is 5.75 Å². The molecule has 0 atom stereocenters. The maximum Gasteiger partial charge on any atom is 0.133 e. The SMILES string of the molecule is CCCCCOc1ccc(-c2c(F)cc(C#N)cc2Cl)cc1. The van der Waals surface area contributed by atoms with Crippen LogP contribution >= 0.6 is 11.6 Å². The molecule has 0 saturated carbocycles. The van der Waals surface area contributed by atoms with Gasteiger partial charge in [0.1, 0.15) is 11.6 Å². The molecular weight excluding hydrogens is 301 g/mol. The predicted octanol–water partition coefficient (Wildman–Crippen LogP) is 5.59. The van der Waals surface area contributed by atoms with E-state index in [1.165, 1.54) is 12.1 Å². The zero-order valence-electron chi connectivity index (χ0n) is 12.4.